The number of nitrogens with zero attached hydrogens (tertiary/aromatic N) is 1. The van der Waals surface area contributed by atoms with Crippen molar-refractivity contribution in [3.05, 3.63) is 28.8 Å². The summed E-state index contributed by atoms with van der Waals surface area (Å²) in [6.07, 6.45) is 1.09. The summed E-state index contributed by atoms with van der Waals surface area (Å²) >= 11 is 6.16. The van der Waals surface area contributed by atoms with Crippen LogP contribution in [0, 0.1) is 6.92 Å². The van der Waals surface area contributed by atoms with Crippen molar-refractivity contribution < 1.29 is 5.11 Å². The minimum atomic E-state index is 0.134. The van der Waals surface area contributed by atoms with Crippen LogP contribution in [0.5, 0.6) is 0 Å². The second-order valence-electron chi connectivity index (χ2n) is 4.47. The van der Waals surface area contributed by atoms with Gasteiger partial charge in [-0.25, -0.2) is 0 Å². The lowest BCUT2D eigenvalue weighted by Gasteiger charge is -2.32. The Kier molecular flexibility index (Phi) is 4.26. The maximum Gasteiger partial charge on any atom is 0.0647 e. The third-order valence-corrected chi connectivity index (χ3v) is 3.74. The first-order chi connectivity index (χ1) is 8.24. The fourth-order valence-corrected chi connectivity index (χ4v) is 2.49. The van der Waals surface area contributed by atoms with Crippen LogP contribution in [-0.2, 0) is 0 Å². The van der Waals surface area contributed by atoms with Crippen molar-refractivity contribution in [2.24, 2.45) is 0 Å². The van der Waals surface area contributed by atoms with Crippen molar-refractivity contribution in [3.63, 3.8) is 0 Å². The molecule has 1 aliphatic rings. The molecule has 0 bridgehead atoms. The third-order valence-electron chi connectivity index (χ3n) is 3.33. The smallest absolute Gasteiger partial charge is 0.0647 e. The molecule has 1 aromatic carbocycles. The van der Waals surface area contributed by atoms with Gasteiger partial charge >= 0.3 is 0 Å². The molecule has 2 rings (SSSR count). The number of hydrogen-bond acceptors (Lipinski definition) is 3. The fourth-order valence-electron chi connectivity index (χ4n) is 2.32. The molecule has 0 aromatic heterocycles. The van der Waals surface area contributed by atoms with Crippen LogP contribution in [0.25, 0.3) is 0 Å². The van der Waals surface area contributed by atoms with Crippen molar-refractivity contribution >= 4 is 17.3 Å². The Balaban J connectivity index is 2.31. The van der Waals surface area contributed by atoms with E-state index in [-0.39, 0.29) is 12.6 Å². The van der Waals surface area contributed by atoms with Gasteiger partial charge in [-0.3, -0.25) is 0 Å². The predicted octanol–water partition coefficient (Wildman–Crippen LogP) is 1.81. The molecule has 0 saturated carbocycles. The number of aliphatic hydroxyl groups excluding tert-OH is 1. The Morgan fingerprint density at radius 3 is 3.12 bits per heavy atom. The van der Waals surface area contributed by atoms with Crippen LogP contribution in [0.2, 0.25) is 5.02 Å². The first-order valence-corrected chi connectivity index (χ1v) is 6.45. The van der Waals surface area contributed by atoms with Gasteiger partial charge in [0.25, 0.3) is 0 Å². The molecule has 0 radical (unpaired) electrons. The number of halogens is 1. The van der Waals surface area contributed by atoms with E-state index in [0.29, 0.717) is 0 Å². The first kappa shape index (κ1) is 12.7. The molecule has 0 spiro atoms. The van der Waals surface area contributed by atoms with E-state index in [1.165, 1.54) is 0 Å². The molecule has 94 valence electrons. The molecule has 0 aliphatic carbocycles. The Bertz CT molecular complexity index is 384. The van der Waals surface area contributed by atoms with Crippen molar-refractivity contribution in [1.29, 1.82) is 0 Å². The topological polar surface area (TPSA) is 35.5 Å². The molecule has 1 heterocycles. The van der Waals surface area contributed by atoms with Gasteiger partial charge in [-0.05, 0) is 37.6 Å². The Morgan fingerprint density at radius 2 is 2.35 bits per heavy atom. The van der Waals surface area contributed by atoms with Crippen molar-refractivity contribution in [3.8, 4) is 0 Å². The Labute approximate surface area is 107 Å². The van der Waals surface area contributed by atoms with Gasteiger partial charge in [-0.1, -0.05) is 17.7 Å². The van der Waals surface area contributed by atoms with Crippen LogP contribution in [0.15, 0.2) is 18.2 Å². The van der Waals surface area contributed by atoms with Gasteiger partial charge in [-0.15, -0.1) is 0 Å². The predicted molar refractivity (Wildman–Crippen MR) is 71.9 cm³/mol. The lowest BCUT2D eigenvalue weighted by Crippen LogP contribution is -2.42. The molecule has 0 amide bonds. The van der Waals surface area contributed by atoms with E-state index in [4.69, 9.17) is 11.6 Å². The van der Waals surface area contributed by atoms with Gasteiger partial charge in [0.1, 0.15) is 0 Å². The molecule has 4 heteroatoms. The Morgan fingerprint density at radius 1 is 1.53 bits per heavy atom. The first-order valence-electron chi connectivity index (χ1n) is 6.07. The van der Waals surface area contributed by atoms with Crippen molar-refractivity contribution in [1.82, 2.24) is 5.32 Å². The van der Waals surface area contributed by atoms with Crippen LogP contribution < -0.4 is 10.2 Å². The molecular weight excluding hydrogens is 236 g/mol. The van der Waals surface area contributed by atoms with Crippen LogP contribution in [0.4, 0.5) is 5.69 Å². The number of rotatable bonds is 2. The molecule has 1 saturated heterocycles. The van der Waals surface area contributed by atoms with Crippen LogP contribution in [0.3, 0.4) is 0 Å². The summed E-state index contributed by atoms with van der Waals surface area (Å²) in [6, 6.07) is 6.09. The summed E-state index contributed by atoms with van der Waals surface area (Å²) in [6.45, 7) is 4.98. The Hall–Kier alpha value is -0.770. The number of nitrogens with one attached hydrogen (secondary N) is 1. The summed E-state index contributed by atoms with van der Waals surface area (Å²) in [5.74, 6) is 0. The average molecular weight is 255 g/mol. The minimum Gasteiger partial charge on any atom is -0.394 e. The lowest BCUT2D eigenvalue weighted by atomic mass is 10.1. The molecule has 3 nitrogen and oxygen atoms in total. The molecule has 1 aliphatic heterocycles. The zero-order chi connectivity index (χ0) is 12.3. The lowest BCUT2D eigenvalue weighted by molar-refractivity contribution is 0.260. The van der Waals surface area contributed by atoms with E-state index in [9.17, 15) is 5.11 Å². The highest BCUT2D eigenvalue weighted by Gasteiger charge is 2.21. The maximum atomic E-state index is 9.49. The summed E-state index contributed by atoms with van der Waals surface area (Å²) in [7, 11) is 0. The zero-order valence-electron chi connectivity index (χ0n) is 10.1. The molecule has 1 atom stereocenters. The third kappa shape index (κ3) is 2.73. The molecule has 17 heavy (non-hydrogen) atoms. The highest BCUT2D eigenvalue weighted by atomic mass is 35.5. The van der Waals surface area contributed by atoms with Gasteiger partial charge in [-0.2, -0.15) is 0 Å². The second kappa shape index (κ2) is 5.71. The number of hydrogen-bond donors (Lipinski definition) is 2. The summed E-state index contributed by atoms with van der Waals surface area (Å²) in [4.78, 5) is 2.27. The molecule has 1 fully saturated rings. The van der Waals surface area contributed by atoms with Gasteiger partial charge in [0.15, 0.2) is 0 Å². The molecular formula is C13H19ClN2O. The van der Waals surface area contributed by atoms with Gasteiger partial charge in [0, 0.05) is 23.8 Å². The standard InChI is InChI=1S/C13H19ClN2O/c1-10-12(14)4-2-5-13(10)16-7-3-6-15-8-11(16)9-17/h2,4-5,11,15,17H,3,6-9H2,1H3. The quantitative estimate of drug-likeness (QED) is 0.845. The fraction of sp³-hybridized carbons (Fsp3) is 0.538. The summed E-state index contributed by atoms with van der Waals surface area (Å²) in [5.41, 5.74) is 2.23. The summed E-state index contributed by atoms with van der Waals surface area (Å²) < 4.78 is 0. The maximum absolute atomic E-state index is 9.49. The van der Waals surface area contributed by atoms with E-state index < -0.39 is 0 Å². The number of anilines is 1. The van der Waals surface area contributed by atoms with Crippen LogP contribution >= 0.6 is 11.6 Å². The van der Waals surface area contributed by atoms with Gasteiger partial charge in [0.2, 0.25) is 0 Å². The van der Waals surface area contributed by atoms with Gasteiger partial charge < -0.3 is 15.3 Å². The number of aliphatic hydroxyl groups is 1. The molecule has 1 aromatic rings. The molecule has 2 N–H and O–H groups in total. The molecule has 1 unspecified atom stereocenters. The van der Waals surface area contributed by atoms with Crippen molar-refractivity contribution in [2.45, 2.75) is 19.4 Å². The summed E-state index contributed by atoms with van der Waals surface area (Å²) in [5, 5.41) is 13.6. The zero-order valence-corrected chi connectivity index (χ0v) is 10.9. The highest BCUT2D eigenvalue weighted by molar-refractivity contribution is 6.31. The average Bonchev–Trinajstić information content (AvgIpc) is 2.57. The van der Waals surface area contributed by atoms with Crippen LogP contribution in [-0.4, -0.2) is 37.4 Å². The van der Waals surface area contributed by atoms with E-state index in [2.05, 4.69) is 16.3 Å². The van der Waals surface area contributed by atoms with Crippen molar-refractivity contribution in [2.75, 3.05) is 31.1 Å². The second-order valence-corrected chi connectivity index (χ2v) is 4.88. The SMILES string of the molecule is Cc1c(Cl)cccc1N1CCCNCC1CO. The van der Waals surface area contributed by atoms with E-state index in [0.717, 1.165) is 42.3 Å². The highest BCUT2D eigenvalue weighted by Crippen LogP contribution is 2.28. The van der Waals surface area contributed by atoms with E-state index in [1.54, 1.807) is 0 Å². The minimum absolute atomic E-state index is 0.134. The van der Waals surface area contributed by atoms with Gasteiger partial charge in [0.05, 0.1) is 12.6 Å². The van der Waals surface area contributed by atoms with Crippen LogP contribution in [0.1, 0.15) is 12.0 Å². The number of benzene rings is 1. The largest absolute Gasteiger partial charge is 0.394 e. The van der Waals surface area contributed by atoms with E-state index in [1.807, 2.05) is 19.1 Å². The monoisotopic (exact) mass is 254 g/mol. The van der Waals surface area contributed by atoms with E-state index >= 15 is 0 Å². The normalized spacial score (nSPS) is 21.4.